The van der Waals surface area contributed by atoms with E-state index in [2.05, 4.69) is 30.6 Å². The van der Waals surface area contributed by atoms with Crippen LogP contribution in [0.4, 0.5) is 5.95 Å². The van der Waals surface area contributed by atoms with Gasteiger partial charge < -0.3 is 20.7 Å². The van der Waals surface area contributed by atoms with Crippen molar-refractivity contribution in [1.29, 1.82) is 0 Å². The Bertz CT molecular complexity index is 1050. The molecule has 138 valence electrons. The number of rotatable bonds is 4. The van der Waals surface area contributed by atoms with Gasteiger partial charge in [0.05, 0.1) is 19.3 Å². The number of hydrogen-bond acceptors (Lipinski definition) is 10. The van der Waals surface area contributed by atoms with Crippen LogP contribution in [-0.2, 0) is 11.3 Å². The van der Waals surface area contributed by atoms with Gasteiger partial charge in [-0.1, -0.05) is 5.21 Å². The maximum atomic E-state index is 13.0. The highest BCUT2D eigenvalue weighted by Gasteiger charge is 2.38. The minimum Gasteiger partial charge on any atom is -0.394 e. The second-order valence-electron chi connectivity index (χ2n) is 5.82. The first-order valence-electron chi connectivity index (χ1n) is 7.66. The minimum atomic E-state index is -1.12. The molecule has 1 aliphatic heterocycles. The van der Waals surface area contributed by atoms with Crippen LogP contribution in [0.15, 0.2) is 9.59 Å². The van der Waals surface area contributed by atoms with Crippen molar-refractivity contribution in [3.63, 3.8) is 0 Å². The molecule has 3 aromatic heterocycles. The maximum Gasteiger partial charge on any atom is 0.333 e. The van der Waals surface area contributed by atoms with Crippen LogP contribution < -0.4 is 17.0 Å². The highest BCUT2D eigenvalue weighted by molar-refractivity contribution is 5.71. The molecule has 1 saturated heterocycles. The van der Waals surface area contributed by atoms with E-state index >= 15 is 0 Å². The number of tetrazole rings is 1. The Balaban J connectivity index is 1.94. The van der Waals surface area contributed by atoms with Crippen LogP contribution in [0.3, 0.4) is 0 Å². The van der Waals surface area contributed by atoms with E-state index in [9.17, 15) is 19.8 Å². The van der Waals surface area contributed by atoms with Crippen molar-refractivity contribution >= 4 is 17.1 Å². The van der Waals surface area contributed by atoms with E-state index in [0.717, 1.165) is 9.13 Å². The lowest BCUT2D eigenvalue weighted by Crippen LogP contribution is -2.32. The first-order chi connectivity index (χ1) is 12.5. The van der Waals surface area contributed by atoms with E-state index in [-0.39, 0.29) is 42.5 Å². The number of fused-ring (bicyclic) bond motifs is 1. The molecule has 26 heavy (non-hydrogen) atoms. The van der Waals surface area contributed by atoms with Crippen molar-refractivity contribution in [2.75, 3.05) is 12.3 Å². The second kappa shape index (κ2) is 6.01. The Morgan fingerprint density at radius 3 is 2.85 bits per heavy atom. The molecule has 14 heteroatoms. The normalized spacial score (nSPS) is 23.1. The zero-order valence-corrected chi connectivity index (χ0v) is 13.2. The summed E-state index contributed by atoms with van der Waals surface area (Å²) in [7, 11) is 0. The summed E-state index contributed by atoms with van der Waals surface area (Å²) in [6.45, 7) is -0.473. The predicted molar refractivity (Wildman–Crippen MR) is 83.9 cm³/mol. The number of nitrogens with two attached hydrogens (primary N) is 1. The molecule has 3 atom stereocenters. The number of aliphatic hydroxyl groups excluding tert-OH is 2. The fourth-order valence-corrected chi connectivity index (χ4v) is 3.05. The maximum absolute atomic E-state index is 13.0. The quantitative estimate of drug-likeness (QED) is 0.311. The molecule has 0 radical (unpaired) electrons. The summed E-state index contributed by atoms with van der Waals surface area (Å²) in [5.74, 6) is -0.0253. The average Bonchev–Trinajstić information content (AvgIpc) is 3.28. The number of H-pyrrole nitrogens is 2. The van der Waals surface area contributed by atoms with Gasteiger partial charge in [0.2, 0.25) is 5.95 Å². The molecule has 6 N–H and O–H groups in total. The Hall–Kier alpha value is -3.10. The van der Waals surface area contributed by atoms with Crippen LogP contribution in [0, 0.1) is 0 Å². The highest BCUT2D eigenvalue weighted by atomic mass is 16.5. The van der Waals surface area contributed by atoms with Crippen LogP contribution >= 0.6 is 0 Å². The molecule has 4 heterocycles. The number of ether oxygens (including phenoxy) is 1. The number of anilines is 1. The molecular weight excluding hydrogens is 350 g/mol. The molecule has 4 rings (SSSR count). The van der Waals surface area contributed by atoms with Crippen LogP contribution in [0.2, 0.25) is 0 Å². The number of hydrogen-bond donors (Lipinski definition) is 5. The van der Waals surface area contributed by atoms with Crippen LogP contribution in [0.1, 0.15) is 18.5 Å². The van der Waals surface area contributed by atoms with Gasteiger partial charge in [0.15, 0.2) is 23.2 Å². The number of nitrogen functional groups attached to an aromatic ring is 1. The van der Waals surface area contributed by atoms with E-state index in [1.165, 1.54) is 0 Å². The van der Waals surface area contributed by atoms with Gasteiger partial charge in [0.25, 0.3) is 5.56 Å². The van der Waals surface area contributed by atoms with Crippen molar-refractivity contribution in [3.05, 3.63) is 26.7 Å². The van der Waals surface area contributed by atoms with Gasteiger partial charge in [-0.05, 0) is 0 Å². The zero-order valence-electron chi connectivity index (χ0n) is 13.2. The molecule has 0 bridgehead atoms. The van der Waals surface area contributed by atoms with Crippen molar-refractivity contribution in [1.82, 2.24) is 39.7 Å². The van der Waals surface area contributed by atoms with E-state index in [1.54, 1.807) is 0 Å². The number of nitrogens with one attached hydrogen (secondary N) is 2. The molecule has 0 amide bonds. The Labute approximate surface area is 143 Å². The van der Waals surface area contributed by atoms with E-state index in [4.69, 9.17) is 10.5 Å². The molecule has 3 aromatic rings. The van der Waals surface area contributed by atoms with Crippen molar-refractivity contribution in [2.45, 2.75) is 31.4 Å². The highest BCUT2D eigenvalue weighted by Crippen LogP contribution is 2.29. The molecule has 0 spiro atoms. The molecule has 1 fully saturated rings. The first kappa shape index (κ1) is 16.4. The summed E-state index contributed by atoms with van der Waals surface area (Å²) in [5, 5.41) is 32.7. The summed E-state index contributed by atoms with van der Waals surface area (Å²) in [6.07, 6.45) is -2.71. The lowest BCUT2D eigenvalue weighted by atomic mass is 10.2. The molecule has 1 aliphatic rings. The first-order valence-corrected chi connectivity index (χ1v) is 7.66. The van der Waals surface area contributed by atoms with Gasteiger partial charge in [0, 0.05) is 6.42 Å². The Kier molecular flexibility index (Phi) is 3.78. The third-order valence-corrected chi connectivity index (χ3v) is 4.14. The molecular formula is C12H15N9O5. The summed E-state index contributed by atoms with van der Waals surface area (Å²) in [5.41, 5.74) is 4.17. The van der Waals surface area contributed by atoms with Gasteiger partial charge in [-0.3, -0.25) is 14.3 Å². The van der Waals surface area contributed by atoms with E-state index in [1.807, 2.05) is 0 Å². The molecule has 14 nitrogen and oxygen atoms in total. The topological polar surface area (TPSA) is 203 Å². The fourth-order valence-electron chi connectivity index (χ4n) is 3.05. The van der Waals surface area contributed by atoms with Crippen LogP contribution in [0.5, 0.6) is 0 Å². The smallest absolute Gasteiger partial charge is 0.333 e. The lowest BCUT2D eigenvalue weighted by molar-refractivity contribution is -0.0505. The predicted octanol–water partition coefficient (Wildman–Crippen LogP) is -3.33. The molecule has 0 aromatic carbocycles. The summed E-state index contributed by atoms with van der Waals surface area (Å²) >= 11 is 0. The monoisotopic (exact) mass is 365 g/mol. The third kappa shape index (κ3) is 2.47. The van der Waals surface area contributed by atoms with E-state index in [0.29, 0.717) is 0 Å². The molecule has 0 saturated carbocycles. The largest absolute Gasteiger partial charge is 0.394 e. The number of imidazole rings is 1. The summed E-state index contributed by atoms with van der Waals surface area (Å²) in [6, 6.07) is 0. The standard InChI is InChI=1S/C12H15N9O5/c13-11-14-8-7(9(24)15-11)20(2-6-16-18-19-17-6)12(25)21(8)10-5(23)1-4(3-22)26-10/h4-5,10,22-23H,1-3H2,(H3,13,14,15,24)(H,16,17,18,19)/t4-,5+,10+/m0/s1. The van der Waals surface area contributed by atoms with Crippen molar-refractivity contribution in [3.8, 4) is 0 Å². The third-order valence-electron chi connectivity index (χ3n) is 4.14. The number of aromatic amines is 2. The number of nitrogens with zero attached hydrogens (tertiary/aromatic N) is 6. The Morgan fingerprint density at radius 2 is 2.19 bits per heavy atom. The fraction of sp³-hybridized carbons (Fsp3) is 0.500. The van der Waals surface area contributed by atoms with Gasteiger partial charge in [-0.15, -0.1) is 10.2 Å². The number of aliphatic hydroxyl groups is 2. The van der Waals surface area contributed by atoms with Gasteiger partial charge in [-0.25, -0.2) is 9.36 Å². The van der Waals surface area contributed by atoms with Gasteiger partial charge in [-0.2, -0.15) is 10.2 Å². The average molecular weight is 365 g/mol. The zero-order chi connectivity index (χ0) is 18.4. The minimum absolute atomic E-state index is 0.0533. The summed E-state index contributed by atoms with van der Waals surface area (Å²) < 4.78 is 7.67. The Morgan fingerprint density at radius 1 is 1.38 bits per heavy atom. The van der Waals surface area contributed by atoms with Crippen LogP contribution in [0.25, 0.3) is 11.2 Å². The van der Waals surface area contributed by atoms with Crippen molar-refractivity contribution < 1.29 is 14.9 Å². The van der Waals surface area contributed by atoms with Gasteiger partial charge >= 0.3 is 5.69 Å². The van der Waals surface area contributed by atoms with E-state index < -0.39 is 29.7 Å². The molecule has 0 unspecified atom stereocenters. The number of aromatic nitrogens is 8. The SMILES string of the molecule is Nc1nc2c(c(=O)[nH]1)n(Cc1nn[nH]n1)c(=O)n2[C@@H]1O[C@H](CO)C[C@H]1O. The summed E-state index contributed by atoms with van der Waals surface area (Å²) in [4.78, 5) is 31.7. The lowest BCUT2D eigenvalue weighted by Gasteiger charge is -2.15. The van der Waals surface area contributed by atoms with Gasteiger partial charge in [0.1, 0.15) is 6.10 Å². The van der Waals surface area contributed by atoms with Crippen LogP contribution in [-0.4, -0.2) is 68.8 Å². The van der Waals surface area contributed by atoms with Crippen molar-refractivity contribution in [2.24, 2.45) is 0 Å². The molecule has 0 aliphatic carbocycles. The second-order valence-corrected chi connectivity index (χ2v) is 5.82.